The van der Waals surface area contributed by atoms with Crippen molar-refractivity contribution < 1.29 is 9.59 Å². The Bertz CT molecular complexity index is 579. The molecule has 1 aromatic rings. The lowest BCUT2D eigenvalue weighted by molar-refractivity contribution is -0.119. The van der Waals surface area contributed by atoms with Gasteiger partial charge in [-0.05, 0) is 32.6 Å². The van der Waals surface area contributed by atoms with Crippen LogP contribution in [0.25, 0.3) is 0 Å². The van der Waals surface area contributed by atoms with E-state index in [2.05, 4.69) is 20.8 Å². The summed E-state index contributed by atoms with van der Waals surface area (Å²) in [6, 6.07) is -0.0155. The average molecular weight is 333 g/mol. The van der Waals surface area contributed by atoms with Gasteiger partial charge in [0.1, 0.15) is 0 Å². The van der Waals surface area contributed by atoms with Crippen LogP contribution in [0.3, 0.4) is 0 Å². The third kappa shape index (κ3) is 3.71. The van der Waals surface area contributed by atoms with Crippen molar-refractivity contribution in [3.63, 3.8) is 0 Å². The van der Waals surface area contributed by atoms with Crippen LogP contribution in [-0.4, -0.2) is 46.7 Å². The van der Waals surface area contributed by atoms with Gasteiger partial charge in [-0.15, -0.1) is 0 Å². The largest absolute Gasteiger partial charge is 0.338 e. The first-order valence-electron chi connectivity index (χ1n) is 9.06. The minimum atomic E-state index is -0.0155. The van der Waals surface area contributed by atoms with Crippen molar-refractivity contribution in [3.8, 4) is 0 Å². The van der Waals surface area contributed by atoms with Gasteiger partial charge in [-0.1, -0.05) is 12.8 Å². The van der Waals surface area contributed by atoms with E-state index in [1.807, 2.05) is 11.8 Å². The van der Waals surface area contributed by atoms with E-state index in [0.29, 0.717) is 13.1 Å². The lowest BCUT2D eigenvalue weighted by Gasteiger charge is -2.32. The van der Waals surface area contributed by atoms with Crippen molar-refractivity contribution in [1.82, 2.24) is 20.4 Å². The Kier molecular flexibility index (Phi) is 5.37. The molecule has 0 spiro atoms. The smallest absolute Gasteiger partial charge is 0.317 e. The Balaban J connectivity index is 1.65. The number of carbonyl (C=O) groups is 2. The van der Waals surface area contributed by atoms with Crippen LogP contribution in [0.5, 0.6) is 0 Å². The second-order valence-corrected chi connectivity index (χ2v) is 6.79. The van der Waals surface area contributed by atoms with Gasteiger partial charge in [-0.25, -0.2) is 4.79 Å². The highest BCUT2D eigenvalue weighted by atomic mass is 16.2. The molecule has 1 aliphatic heterocycles. The Morgan fingerprint density at radius 2 is 2.08 bits per heavy atom. The summed E-state index contributed by atoms with van der Waals surface area (Å²) in [5, 5.41) is 13.1. The number of likely N-dealkylation sites (tertiary alicyclic amines) is 1. The zero-order chi connectivity index (χ0) is 16.9. The molecule has 1 saturated heterocycles. The third-order valence-corrected chi connectivity index (χ3v) is 5.10. The lowest BCUT2D eigenvalue weighted by atomic mass is 9.94. The molecule has 0 aromatic carbocycles. The van der Waals surface area contributed by atoms with Crippen molar-refractivity contribution in [2.45, 2.75) is 51.4 Å². The predicted octanol–water partition coefficient (Wildman–Crippen LogP) is 2.45. The number of carbonyl (C=O) groups excluding carboxylic acids is 2. The number of hydrogen-bond donors (Lipinski definition) is 3. The van der Waals surface area contributed by atoms with Crippen LogP contribution in [0.1, 0.15) is 57.1 Å². The number of amides is 3. The maximum absolute atomic E-state index is 12.4. The number of urea groups is 1. The third-order valence-electron chi connectivity index (χ3n) is 5.10. The highest BCUT2D eigenvalue weighted by Gasteiger charge is 2.29. The van der Waals surface area contributed by atoms with E-state index < -0.39 is 0 Å². The molecule has 3 amide bonds. The SMILES string of the molecule is CCNC(=O)N1CCC[C@@H](c2[nH]ncc2NC(=O)C2CCCC2)C1. The normalized spacial score (nSPS) is 21.7. The predicted molar refractivity (Wildman–Crippen MR) is 91.8 cm³/mol. The van der Waals surface area contributed by atoms with Crippen LogP contribution >= 0.6 is 0 Å². The van der Waals surface area contributed by atoms with Gasteiger partial charge in [0.05, 0.1) is 17.6 Å². The Labute approximate surface area is 142 Å². The van der Waals surface area contributed by atoms with Gasteiger partial charge in [0, 0.05) is 31.5 Å². The second-order valence-electron chi connectivity index (χ2n) is 6.79. The summed E-state index contributed by atoms with van der Waals surface area (Å²) in [5.74, 6) is 0.417. The first-order valence-corrected chi connectivity index (χ1v) is 9.06. The number of anilines is 1. The molecule has 7 nitrogen and oxygen atoms in total. The number of H-pyrrole nitrogens is 1. The van der Waals surface area contributed by atoms with Gasteiger partial charge < -0.3 is 15.5 Å². The fourth-order valence-electron chi connectivity index (χ4n) is 3.79. The Morgan fingerprint density at radius 1 is 1.29 bits per heavy atom. The fourth-order valence-corrected chi connectivity index (χ4v) is 3.79. The van der Waals surface area contributed by atoms with Gasteiger partial charge >= 0.3 is 6.03 Å². The van der Waals surface area contributed by atoms with E-state index in [-0.39, 0.29) is 23.8 Å². The van der Waals surface area contributed by atoms with Crippen molar-refractivity contribution in [2.24, 2.45) is 5.92 Å². The van der Waals surface area contributed by atoms with Gasteiger partial charge in [-0.3, -0.25) is 9.89 Å². The Morgan fingerprint density at radius 3 is 2.83 bits per heavy atom. The van der Waals surface area contributed by atoms with Crippen LogP contribution in [0.15, 0.2) is 6.20 Å². The van der Waals surface area contributed by atoms with E-state index >= 15 is 0 Å². The van der Waals surface area contributed by atoms with E-state index in [0.717, 1.165) is 56.5 Å². The van der Waals surface area contributed by atoms with Gasteiger partial charge in [0.15, 0.2) is 0 Å². The molecule has 0 unspecified atom stereocenters. The highest BCUT2D eigenvalue weighted by molar-refractivity contribution is 5.93. The molecule has 2 fully saturated rings. The van der Waals surface area contributed by atoms with Crippen molar-refractivity contribution in [1.29, 1.82) is 0 Å². The topological polar surface area (TPSA) is 90.1 Å². The van der Waals surface area contributed by atoms with Gasteiger partial charge in [0.25, 0.3) is 0 Å². The van der Waals surface area contributed by atoms with E-state index in [1.54, 1.807) is 6.20 Å². The van der Waals surface area contributed by atoms with Crippen LogP contribution in [0.2, 0.25) is 0 Å². The average Bonchev–Trinajstić information content (AvgIpc) is 3.27. The quantitative estimate of drug-likeness (QED) is 0.790. The van der Waals surface area contributed by atoms with Gasteiger partial charge in [0.2, 0.25) is 5.91 Å². The number of hydrogen-bond acceptors (Lipinski definition) is 3. The molecule has 0 bridgehead atoms. The van der Waals surface area contributed by atoms with Crippen molar-refractivity contribution in [2.75, 3.05) is 25.0 Å². The maximum Gasteiger partial charge on any atom is 0.317 e. The van der Waals surface area contributed by atoms with Crippen molar-refractivity contribution in [3.05, 3.63) is 11.9 Å². The van der Waals surface area contributed by atoms with Crippen LogP contribution in [-0.2, 0) is 4.79 Å². The summed E-state index contributed by atoms with van der Waals surface area (Å²) in [7, 11) is 0. The van der Waals surface area contributed by atoms with Crippen molar-refractivity contribution >= 4 is 17.6 Å². The number of rotatable bonds is 4. The fraction of sp³-hybridized carbons (Fsp3) is 0.706. The lowest BCUT2D eigenvalue weighted by Crippen LogP contribution is -2.45. The maximum atomic E-state index is 12.4. The highest BCUT2D eigenvalue weighted by Crippen LogP contribution is 2.32. The standard InChI is InChI=1S/C17H27N5O2/c1-2-18-17(24)22-9-5-8-13(11-22)15-14(10-19-21-15)20-16(23)12-6-3-4-7-12/h10,12-13H,2-9,11H2,1H3,(H,18,24)(H,19,21)(H,20,23)/t13-/m1/s1. The van der Waals surface area contributed by atoms with Crippen LogP contribution < -0.4 is 10.6 Å². The van der Waals surface area contributed by atoms with Gasteiger partial charge in [-0.2, -0.15) is 5.10 Å². The number of nitrogens with zero attached hydrogens (tertiary/aromatic N) is 2. The molecule has 1 aliphatic carbocycles. The summed E-state index contributed by atoms with van der Waals surface area (Å²) in [6.45, 7) is 3.98. The second kappa shape index (κ2) is 7.68. The minimum absolute atomic E-state index is 0.0155. The Hall–Kier alpha value is -2.05. The first-order chi connectivity index (χ1) is 11.7. The molecule has 3 rings (SSSR count). The molecule has 7 heteroatoms. The van der Waals surface area contributed by atoms with E-state index in [9.17, 15) is 9.59 Å². The molecule has 132 valence electrons. The molecule has 2 heterocycles. The zero-order valence-electron chi connectivity index (χ0n) is 14.3. The minimum Gasteiger partial charge on any atom is -0.338 e. The molecule has 1 aromatic heterocycles. The number of piperidine rings is 1. The molecule has 1 atom stereocenters. The number of nitrogens with one attached hydrogen (secondary N) is 3. The number of aromatic nitrogens is 2. The molecule has 0 radical (unpaired) electrons. The summed E-state index contributed by atoms with van der Waals surface area (Å²) in [4.78, 5) is 26.3. The molecular formula is C17H27N5O2. The van der Waals surface area contributed by atoms with Crippen LogP contribution in [0.4, 0.5) is 10.5 Å². The molecule has 2 aliphatic rings. The van der Waals surface area contributed by atoms with Crippen LogP contribution in [0, 0.1) is 5.92 Å². The molecule has 1 saturated carbocycles. The zero-order valence-corrected chi connectivity index (χ0v) is 14.3. The summed E-state index contributed by atoms with van der Waals surface area (Å²) < 4.78 is 0. The summed E-state index contributed by atoms with van der Waals surface area (Å²) in [6.07, 6.45) is 7.87. The molecule has 3 N–H and O–H groups in total. The van der Waals surface area contributed by atoms with E-state index in [1.165, 1.54) is 0 Å². The monoisotopic (exact) mass is 333 g/mol. The summed E-state index contributed by atoms with van der Waals surface area (Å²) in [5.41, 5.74) is 1.71. The summed E-state index contributed by atoms with van der Waals surface area (Å²) >= 11 is 0. The molecule has 24 heavy (non-hydrogen) atoms. The first kappa shape index (κ1) is 16.8. The van der Waals surface area contributed by atoms with E-state index in [4.69, 9.17) is 0 Å². The number of aromatic amines is 1. The molecular weight excluding hydrogens is 306 g/mol.